The lowest BCUT2D eigenvalue weighted by atomic mass is 9.85. The Morgan fingerprint density at radius 1 is 1.40 bits per heavy atom. The van der Waals surface area contributed by atoms with Gasteiger partial charge < -0.3 is 20.6 Å². The average Bonchev–Trinajstić information content (AvgIpc) is 2.37. The van der Waals surface area contributed by atoms with Crippen LogP contribution in [0, 0.1) is 5.41 Å². The lowest BCUT2D eigenvalue weighted by molar-refractivity contribution is 0.0461. The Labute approximate surface area is 118 Å². The molecule has 20 heavy (non-hydrogen) atoms. The van der Waals surface area contributed by atoms with Crippen LogP contribution < -0.4 is 5.32 Å². The van der Waals surface area contributed by atoms with Crippen LogP contribution in [0.5, 0.6) is 0 Å². The van der Waals surface area contributed by atoms with E-state index in [2.05, 4.69) is 10.3 Å². The standard InChI is InChI=1S/C14H22N2O4/c1-14(2,3)11(18)7-9(8-17)15-12-6-4-5-10(16-12)13(19)20/h4-6,9,11,17-18H,7-8H2,1-3H3,(H,15,16)(H,19,20). The van der Waals surface area contributed by atoms with Crippen molar-refractivity contribution in [3.8, 4) is 0 Å². The molecule has 1 heterocycles. The van der Waals surface area contributed by atoms with E-state index >= 15 is 0 Å². The van der Waals surface area contributed by atoms with Gasteiger partial charge in [-0.2, -0.15) is 0 Å². The van der Waals surface area contributed by atoms with Crippen molar-refractivity contribution < 1.29 is 20.1 Å². The van der Waals surface area contributed by atoms with Crippen molar-refractivity contribution in [2.24, 2.45) is 5.41 Å². The molecule has 0 fully saturated rings. The van der Waals surface area contributed by atoms with Gasteiger partial charge >= 0.3 is 5.97 Å². The van der Waals surface area contributed by atoms with Crippen LogP contribution in [0.15, 0.2) is 18.2 Å². The molecule has 0 saturated carbocycles. The number of pyridine rings is 1. The first-order chi connectivity index (χ1) is 9.24. The molecule has 4 N–H and O–H groups in total. The highest BCUT2D eigenvalue weighted by Gasteiger charge is 2.25. The van der Waals surface area contributed by atoms with Crippen molar-refractivity contribution >= 4 is 11.8 Å². The molecule has 0 aliphatic rings. The number of rotatable bonds is 6. The molecule has 0 spiro atoms. The number of hydrogen-bond acceptors (Lipinski definition) is 5. The average molecular weight is 282 g/mol. The first-order valence-corrected chi connectivity index (χ1v) is 6.50. The van der Waals surface area contributed by atoms with Crippen LogP contribution in [0.3, 0.4) is 0 Å². The zero-order chi connectivity index (χ0) is 15.3. The van der Waals surface area contributed by atoms with Crippen molar-refractivity contribution in [2.75, 3.05) is 11.9 Å². The van der Waals surface area contributed by atoms with Gasteiger partial charge in [0.1, 0.15) is 5.82 Å². The Kier molecular flexibility index (Phi) is 5.47. The molecule has 0 saturated heterocycles. The van der Waals surface area contributed by atoms with Crippen LogP contribution in [0.1, 0.15) is 37.7 Å². The summed E-state index contributed by atoms with van der Waals surface area (Å²) in [4.78, 5) is 14.8. The van der Waals surface area contributed by atoms with E-state index in [0.717, 1.165) is 0 Å². The minimum Gasteiger partial charge on any atom is -0.477 e. The summed E-state index contributed by atoms with van der Waals surface area (Å²) in [5, 5.41) is 31.2. The van der Waals surface area contributed by atoms with Crippen LogP contribution in [0.4, 0.5) is 5.82 Å². The van der Waals surface area contributed by atoms with Gasteiger partial charge in [-0.15, -0.1) is 0 Å². The SMILES string of the molecule is CC(C)(C)C(O)CC(CO)Nc1cccc(C(=O)O)n1. The van der Waals surface area contributed by atoms with Crippen LogP contribution in [-0.4, -0.2) is 45.0 Å². The predicted molar refractivity (Wildman–Crippen MR) is 75.8 cm³/mol. The predicted octanol–water partition coefficient (Wildman–Crippen LogP) is 1.35. The third kappa shape index (κ3) is 4.79. The highest BCUT2D eigenvalue weighted by molar-refractivity contribution is 5.85. The molecule has 0 radical (unpaired) electrons. The number of aromatic carboxylic acids is 1. The van der Waals surface area contributed by atoms with Gasteiger partial charge in [0, 0.05) is 0 Å². The van der Waals surface area contributed by atoms with Gasteiger partial charge in [-0.25, -0.2) is 9.78 Å². The molecular formula is C14H22N2O4. The Morgan fingerprint density at radius 3 is 2.55 bits per heavy atom. The molecule has 6 heteroatoms. The van der Waals surface area contributed by atoms with Gasteiger partial charge in [-0.1, -0.05) is 26.8 Å². The highest BCUT2D eigenvalue weighted by Crippen LogP contribution is 2.23. The molecular weight excluding hydrogens is 260 g/mol. The van der Waals surface area contributed by atoms with E-state index in [0.29, 0.717) is 12.2 Å². The van der Waals surface area contributed by atoms with Crippen LogP contribution in [0.2, 0.25) is 0 Å². The van der Waals surface area contributed by atoms with Gasteiger partial charge in [-0.05, 0) is 24.0 Å². The molecule has 0 bridgehead atoms. The number of aliphatic hydroxyl groups excluding tert-OH is 2. The molecule has 0 aromatic carbocycles. The van der Waals surface area contributed by atoms with Crippen molar-refractivity contribution in [1.29, 1.82) is 0 Å². The molecule has 0 amide bonds. The Bertz CT molecular complexity index is 457. The first-order valence-electron chi connectivity index (χ1n) is 6.50. The number of carboxylic acid groups (broad SMARTS) is 1. The summed E-state index contributed by atoms with van der Waals surface area (Å²) in [7, 11) is 0. The number of carbonyl (C=O) groups is 1. The molecule has 0 aliphatic carbocycles. The van der Waals surface area contributed by atoms with E-state index < -0.39 is 12.1 Å². The van der Waals surface area contributed by atoms with Gasteiger partial charge in [0.25, 0.3) is 0 Å². The maximum atomic E-state index is 10.8. The number of aromatic nitrogens is 1. The fourth-order valence-corrected chi connectivity index (χ4v) is 1.65. The number of nitrogens with zero attached hydrogens (tertiary/aromatic N) is 1. The molecule has 1 rings (SSSR count). The summed E-state index contributed by atoms with van der Waals surface area (Å²) >= 11 is 0. The number of nitrogens with one attached hydrogen (secondary N) is 1. The molecule has 1 aromatic rings. The summed E-state index contributed by atoms with van der Waals surface area (Å²) in [6.07, 6.45) is -0.242. The Morgan fingerprint density at radius 2 is 2.05 bits per heavy atom. The quantitative estimate of drug-likeness (QED) is 0.628. The van der Waals surface area contributed by atoms with E-state index in [4.69, 9.17) is 5.11 Å². The summed E-state index contributed by atoms with van der Waals surface area (Å²) < 4.78 is 0. The van der Waals surface area contributed by atoms with Crippen molar-refractivity contribution in [3.63, 3.8) is 0 Å². The second-order valence-electron chi connectivity index (χ2n) is 5.85. The molecule has 1 aromatic heterocycles. The molecule has 0 aliphatic heterocycles. The second-order valence-corrected chi connectivity index (χ2v) is 5.85. The van der Waals surface area contributed by atoms with Crippen LogP contribution in [0.25, 0.3) is 0 Å². The maximum Gasteiger partial charge on any atom is 0.354 e. The van der Waals surface area contributed by atoms with Crippen molar-refractivity contribution in [3.05, 3.63) is 23.9 Å². The van der Waals surface area contributed by atoms with Gasteiger partial charge in [0.15, 0.2) is 5.69 Å². The number of hydrogen-bond donors (Lipinski definition) is 4. The Balaban J connectivity index is 2.74. The van der Waals surface area contributed by atoms with Gasteiger partial charge in [-0.3, -0.25) is 0 Å². The van der Waals surface area contributed by atoms with E-state index in [9.17, 15) is 15.0 Å². The lowest BCUT2D eigenvalue weighted by Crippen LogP contribution is -2.35. The normalized spacial score (nSPS) is 14.7. The summed E-state index contributed by atoms with van der Waals surface area (Å²) in [5.74, 6) is -0.742. The molecule has 6 nitrogen and oxygen atoms in total. The number of carboxylic acids is 1. The van der Waals surface area contributed by atoms with Crippen molar-refractivity contribution in [2.45, 2.75) is 39.3 Å². The Hall–Kier alpha value is -1.66. The fourth-order valence-electron chi connectivity index (χ4n) is 1.65. The smallest absolute Gasteiger partial charge is 0.354 e. The van der Waals surface area contributed by atoms with Gasteiger partial charge in [0.05, 0.1) is 18.8 Å². The minimum absolute atomic E-state index is 0.0666. The summed E-state index contributed by atoms with van der Waals surface area (Å²) in [6.45, 7) is 5.56. The zero-order valence-corrected chi connectivity index (χ0v) is 12.0. The molecule has 2 unspecified atom stereocenters. The second kappa shape index (κ2) is 6.67. The zero-order valence-electron chi connectivity index (χ0n) is 12.0. The summed E-state index contributed by atoms with van der Waals surface area (Å²) in [6, 6.07) is 4.21. The van der Waals surface area contributed by atoms with Gasteiger partial charge in [0.2, 0.25) is 0 Å². The van der Waals surface area contributed by atoms with Crippen LogP contribution in [-0.2, 0) is 0 Å². The topological polar surface area (TPSA) is 103 Å². The monoisotopic (exact) mass is 282 g/mol. The van der Waals surface area contributed by atoms with E-state index in [-0.39, 0.29) is 23.8 Å². The first kappa shape index (κ1) is 16.4. The number of aliphatic hydroxyl groups is 2. The highest BCUT2D eigenvalue weighted by atomic mass is 16.4. The molecule has 112 valence electrons. The third-order valence-electron chi connectivity index (χ3n) is 3.05. The van der Waals surface area contributed by atoms with E-state index in [1.807, 2.05) is 20.8 Å². The number of anilines is 1. The summed E-state index contributed by atoms with van der Waals surface area (Å²) in [5.41, 5.74) is -0.353. The van der Waals surface area contributed by atoms with E-state index in [1.165, 1.54) is 6.07 Å². The lowest BCUT2D eigenvalue weighted by Gasteiger charge is -2.29. The largest absolute Gasteiger partial charge is 0.477 e. The van der Waals surface area contributed by atoms with E-state index in [1.54, 1.807) is 12.1 Å². The fraction of sp³-hybridized carbons (Fsp3) is 0.571. The van der Waals surface area contributed by atoms with Crippen LogP contribution >= 0.6 is 0 Å². The minimum atomic E-state index is -1.11. The van der Waals surface area contributed by atoms with Crippen molar-refractivity contribution in [1.82, 2.24) is 4.98 Å². The molecule has 2 atom stereocenters. The third-order valence-corrected chi connectivity index (χ3v) is 3.05. The maximum absolute atomic E-state index is 10.8.